The lowest BCUT2D eigenvalue weighted by Gasteiger charge is -2.22. The van der Waals surface area contributed by atoms with E-state index in [4.69, 9.17) is 0 Å². The van der Waals surface area contributed by atoms with Crippen LogP contribution in [0.4, 0.5) is 0 Å². The fraction of sp³-hybridized carbons (Fsp3) is 0.958. The number of unbranched alkanes of at least 4 members (excludes halogenated alkanes) is 14. The summed E-state index contributed by atoms with van der Waals surface area (Å²) in [5.74, 6) is -0.0860. The smallest absolute Gasteiger partial charge is 0.220 e. The molecule has 0 radical (unpaired) electrons. The van der Waals surface area contributed by atoms with Gasteiger partial charge in [0.15, 0.2) is 0 Å². The van der Waals surface area contributed by atoms with Gasteiger partial charge in [-0.15, -0.1) is 0 Å². The number of carbonyl (C=O) groups excluding carboxylic acids is 1. The highest BCUT2D eigenvalue weighted by molar-refractivity contribution is 5.76. The lowest BCUT2D eigenvalue weighted by atomic mass is 10.0. The van der Waals surface area contributed by atoms with Crippen LogP contribution in [0.3, 0.4) is 0 Å². The van der Waals surface area contributed by atoms with Crippen LogP contribution in [0.1, 0.15) is 129 Å². The molecule has 168 valence electrons. The van der Waals surface area contributed by atoms with Crippen molar-refractivity contribution in [2.45, 2.75) is 142 Å². The quantitative estimate of drug-likeness (QED) is 0.211. The molecule has 0 saturated carbocycles. The van der Waals surface area contributed by atoms with E-state index >= 15 is 0 Å². The lowest BCUT2D eigenvalue weighted by Crippen LogP contribution is -2.45. The predicted octanol–water partition coefficient (Wildman–Crippen LogP) is 5.89. The Labute approximate surface area is 174 Å². The Kier molecular flexibility index (Phi) is 20.6. The molecular weight excluding hydrogens is 350 g/mol. The molecule has 0 aromatic carbocycles. The average molecular weight is 400 g/mol. The van der Waals surface area contributed by atoms with E-state index in [0.29, 0.717) is 12.8 Å². The van der Waals surface area contributed by atoms with Crippen LogP contribution in [0.5, 0.6) is 0 Å². The summed E-state index contributed by atoms with van der Waals surface area (Å²) in [6.07, 6.45) is 21.1. The van der Waals surface area contributed by atoms with E-state index < -0.39 is 12.1 Å². The standard InChI is InChI=1S/C24H49NO3/c1-3-5-6-7-8-9-10-11-12-13-14-15-16-17-18-20-23(27)22(21-26)25-24(28)19-4-2/h22-23,26-27H,3-21H2,1-2H3,(H,25,28). The summed E-state index contributed by atoms with van der Waals surface area (Å²) in [5, 5.41) is 22.3. The minimum absolute atomic E-state index is 0.0860. The zero-order chi connectivity index (χ0) is 20.9. The molecule has 0 fully saturated rings. The third kappa shape index (κ3) is 17.5. The number of rotatable bonds is 21. The number of aliphatic hydroxyl groups excluding tert-OH is 2. The first kappa shape index (κ1) is 27.4. The minimum Gasteiger partial charge on any atom is -0.394 e. The molecule has 28 heavy (non-hydrogen) atoms. The summed E-state index contributed by atoms with van der Waals surface area (Å²) in [4.78, 5) is 11.6. The van der Waals surface area contributed by atoms with Crippen molar-refractivity contribution < 1.29 is 15.0 Å². The lowest BCUT2D eigenvalue weighted by molar-refractivity contribution is -0.123. The molecule has 2 unspecified atom stereocenters. The average Bonchev–Trinajstić information content (AvgIpc) is 2.69. The van der Waals surface area contributed by atoms with Crippen molar-refractivity contribution in [1.82, 2.24) is 5.32 Å². The minimum atomic E-state index is -0.646. The van der Waals surface area contributed by atoms with Gasteiger partial charge in [-0.05, 0) is 12.8 Å². The highest BCUT2D eigenvalue weighted by atomic mass is 16.3. The zero-order valence-electron chi connectivity index (χ0n) is 18.9. The number of aliphatic hydroxyl groups is 2. The number of carbonyl (C=O) groups is 1. The molecule has 3 N–H and O–H groups in total. The van der Waals surface area contributed by atoms with Gasteiger partial charge in [0.1, 0.15) is 0 Å². The summed E-state index contributed by atoms with van der Waals surface area (Å²) in [5.41, 5.74) is 0. The van der Waals surface area contributed by atoms with Gasteiger partial charge in [0.25, 0.3) is 0 Å². The molecule has 0 bridgehead atoms. The SMILES string of the molecule is CCCCCCCCCCCCCCCCCC(O)C(CO)NC(=O)CCC. The van der Waals surface area contributed by atoms with E-state index in [2.05, 4.69) is 12.2 Å². The molecule has 2 atom stereocenters. The van der Waals surface area contributed by atoms with Crippen molar-refractivity contribution >= 4 is 5.91 Å². The van der Waals surface area contributed by atoms with Crippen LogP contribution in [-0.4, -0.2) is 34.9 Å². The van der Waals surface area contributed by atoms with Gasteiger partial charge in [-0.2, -0.15) is 0 Å². The maximum Gasteiger partial charge on any atom is 0.220 e. The van der Waals surface area contributed by atoms with E-state index in [9.17, 15) is 15.0 Å². The molecule has 0 aliphatic rings. The zero-order valence-corrected chi connectivity index (χ0v) is 18.9. The molecule has 4 nitrogen and oxygen atoms in total. The van der Waals surface area contributed by atoms with Crippen molar-refractivity contribution in [2.75, 3.05) is 6.61 Å². The maximum absolute atomic E-state index is 11.6. The number of nitrogens with one attached hydrogen (secondary N) is 1. The van der Waals surface area contributed by atoms with E-state index in [1.54, 1.807) is 0 Å². The van der Waals surface area contributed by atoms with Crippen LogP contribution in [-0.2, 0) is 4.79 Å². The van der Waals surface area contributed by atoms with Crippen molar-refractivity contribution in [2.24, 2.45) is 0 Å². The summed E-state index contributed by atoms with van der Waals surface area (Å²) >= 11 is 0. The van der Waals surface area contributed by atoms with Gasteiger partial charge in [-0.1, -0.05) is 110 Å². The van der Waals surface area contributed by atoms with Crippen LogP contribution < -0.4 is 5.32 Å². The third-order valence-electron chi connectivity index (χ3n) is 5.59. The fourth-order valence-electron chi connectivity index (χ4n) is 3.70. The number of hydrogen-bond acceptors (Lipinski definition) is 3. The van der Waals surface area contributed by atoms with Gasteiger partial charge in [-0.25, -0.2) is 0 Å². The Morgan fingerprint density at radius 2 is 1.14 bits per heavy atom. The second-order valence-electron chi connectivity index (χ2n) is 8.41. The number of hydrogen-bond donors (Lipinski definition) is 3. The Balaban J connectivity index is 3.40. The van der Waals surface area contributed by atoms with Crippen molar-refractivity contribution in [1.29, 1.82) is 0 Å². The predicted molar refractivity (Wildman–Crippen MR) is 119 cm³/mol. The first-order valence-electron chi connectivity index (χ1n) is 12.2. The molecule has 0 aromatic heterocycles. The van der Waals surface area contributed by atoms with Gasteiger partial charge in [-0.3, -0.25) is 4.79 Å². The first-order valence-corrected chi connectivity index (χ1v) is 12.2. The number of amides is 1. The van der Waals surface area contributed by atoms with Crippen LogP contribution >= 0.6 is 0 Å². The fourth-order valence-corrected chi connectivity index (χ4v) is 3.70. The first-order chi connectivity index (χ1) is 13.7. The molecular formula is C24H49NO3. The molecule has 0 rings (SSSR count). The van der Waals surface area contributed by atoms with E-state index in [1.165, 1.54) is 83.5 Å². The molecule has 0 spiro atoms. The van der Waals surface area contributed by atoms with Crippen LogP contribution in [0.2, 0.25) is 0 Å². The second kappa shape index (κ2) is 21.1. The van der Waals surface area contributed by atoms with Crippen molar-refractivity contribution in [3.63, 3.8) is 0 Å². The highest BCUT2D eigenvalue weighted by Crippen LogP contribution is 2.14. The normalized spacial score (nSPS) is 13.4. The van der Waals surface area contributed by atoms with Crippen molar-refractivity contribution in [3.8, 4) is 0 Å². The van der Waals surface area contributed by atoms with Gasteiger partial charge < -0.3 is 15.5 Å². The summed E-state index contributed by atoms with van der Waals surface area (Å²) < 4.78 is 0. The van der Waals surface area contributed by atoms with Crippen LogP contribution in [0, 0.1) is 0 Å². The molecule has 0 heterocycles. The van der Waals surface area contributed by atoms with E-state index in [1.807, 2.05) is 6.92 Å². The van der Waals surface area contributed by atoms with Crippen molar-refractivity contribution in [3.05, 3.63) is 0 Å². The van der Waals surface area contributed by atoms with Gasteiger partial charge in [0.2, 0.25) is 5.91 Å². The molecule has 4 heteroatoms. The molecule has 0 aromatic rings. The Morgan fingerprint density at radius 1 is 0.714 bits per heavy atom. The van der Waals surface area contributed by atoms with Gasteiger partial charge >= 0.3 is 0 Å². The highest BCUT2D eigenvalue weighted by Gasteiger charge is 2.19. The molecule has 0 aliphatic carbocycles. The molecule has 1 amide bonds. The Bertz CT molecular complexity index is 336. The summed E-state index contributed by atoms with van der Waals surface area (Å²) in [6.45, 7) is 4.02. The maximum atomic E-state index is 11.6. The molecule has 0 saturated heterocycles. The topological polar surface area (TPSA) is 69.6 Å². The van der Waals surface area contributed by atoms with Gasteiger partial charge in [0, 0.05) is 6.42 Å². The van der Waals surface area contributed by atoms with E-state index in [-0.39, 0.29) is 12.5 Å². The monoisotopic (exact) mass is 399 g/mol. The third-order valence-corrected chi connectivity index (χ3v) is 5.59. The largest absolute Gasteiger partial charge is 0.394 e. The van der Waals surface area contributed by atoms with E-state index in [0.717, 1.165) is 19.3 Å². The van der Waals surface area contributed by atoms with Crippen LogP contribution in [0.15, 0.2) is 0 Å². The Hall–Kier alpha value is -0.610. The van der Waals surface area contributed by atoms with Gasteiger partial charge in [0.05, 0.1) is 18.8 Å². The van der Waals surface area contributed by atoms with Crippen LogP contribution in [0.25, 0.3) is 0 Å². The molecule has 0 aliphatic heterocycles. The Morgan fingerprint density at radius 3 is 1.54 bits per heavy atom. The second-order valence-corrected chi connectivity index (χ2v) is 8.41. The summed E-state index contributed by atoms with van der Waals surface area (Å²) in [7, 11) is 0. The summed E-state index contributed by atoms with van der Waals surface area (Å²) in [6, 6.07) is -0.523.